The number of halogens is 5. The first-order valence-corrected chi connectivity index (χ1v) is 3.80. The highest BCUT2D eigenvalue weighted by Crippen LogP contribution is 2.30. The van der Waals surface area contributed by atoms with Crippen LogP contribution >= 0.6 is 0 Å². The quantitative estimate of drug-likeness (QED) is 0.762. The molecule has 0 bridgehead atoms. The smallest absolute Gasteiger partial charge is 0.317 e. The SMILES string of the molecule is N#Cc1c(C(F)F)cc(C(F)(F)F)[nH]c1=O. The third-order valence-corrected chi connectivity index (χ3v) is 1.72. The number of aromatic nitrogens is 1. The Morgan fingerprint density at radius 1 is 1.38 bits per heavy atom. The molecule has 0 aromatic carbocycles. The van der Waals surface area contributed by atoms with Crippen LogP contribution in [0.2, 0.25) is 0 Å². The molecule has 0 atom stereocenters. The molecule has 0 saturated heterocycles. The summed E-state index contributed by atoms with van der Waals surface area (Å²) in [6.07, 6.45) is -8.27. The molecule has 3 nitrogen and oxygen atoms in total. The highest BCUT2D eigenvalue weighted by atomic mass is 19.4. The number of H-pyrrole nitrogens is 1. The van der Waals surface area contributed by atoms with Crippen LogP contribution < -0.4 is 5.56 Å². The molecule has 0 spiro atoms. The molecule has 0 saturated carbocycles. The topological polar surface area (TPSA) is 56.6 Å². The molecule has 0 fully saturated rings. The first-order valence-electron chi connectivity index (χ1n) is 3.80. The van der Waals surface area contributed by atoms with Crippen LogP contribution in [0, 0.1) is 11.3 Å². The van der Waals surface area contributed by atoms with Crippen LogP contribution in [0.1, 0.15) is 23.2 Å². The number of alkyl halides is 5. The van der Waals surface area contributed by atoms with Gasteiger partial charge in [-0.05, 0) is 6.07 Å². The first kappa shape index (κ1) is 12.2. The lowest BCUT2D eigenvalue weighted by Crippen LogP contribution is -2.20. The fourth-order valence-electron chi connectivity index (χ4n) is 1.02. The molecule has 16 heavy (non-hydrogen) atoms. The molecular formula is C8H3F5N2O. The highest BCUT2D eigenvalue weighted by molar-refractivity contribution is 5.37. The van der Waals surface area contributed by atoms with Crippen LogP contribution in [0.25, 0.3) is 0 Å². The lowest BCUT2D eigenvalue weighted by Gasteiger charge is -2.09. The maximum Gasteiger partial charge on any atom is 0.431 e. The lowest BCUT2D eigenvalue weighted by molar-refractivity contribution is -0.141. The fourth-order valence-corrected chi connectivity index (χ4v) is 1.02. The van der Waals surface area contributed by atoms with Gasteiger partial charge in [-0.2, -0.15) is 18.4 Å². The average molecular weight is 238 g/mol. The van der Waals surface area contributed by atoms with Crippen LogP contribution in [0.3, 0.4) is 0 Å². The summed E-state index contributed by atoms with van der Waals surface area (Å²) < 4.78 is 61.0. The highest BCUT2D eigenvalue weighted by Gasteiger charge is 2.34. The minimum absolute atomic E-state index is 0.0601. The largest absolute Gasteiger partial charge is 0.431 e. The predicted molar refractivity (Wildman–Crippen MR) is 41.7 cm³/mol. The van der Waals surface area contributed by atoms with Gasteiger partial charge in [0.05, 0.1) is 0 Å². The molecule has 8 heteroatoms. The van der Waals surface area contributed by atoms with Crippen molar-refractivity contribution in [3.05, 3.63) is 33.2 Å². The Hall–Kier alpha value is -1.91. The minimum atomic E-state index is -4.95. The second-order valence-corrected chi connectivity index (χ2v) is 2.75. The number of hydrogen-bond acceptors (Lipinski definition) is 2. The normalized spacial score (nSPS) is 11.6. The number of nitriles is 1. The zero-order chi connectivity index (χ0) is 12.5. The van der Waals surface area contributed by atoms with Gasteiger partial charge in [0.2, 0.25) is 0 Å². The van der Waals surface area contributed by atoms with Gasteiger partial charge in [0.25, 0.3) is 12.0 Å². The van der Waals surface area contributed by atoms with Crippen molar-refractivity contribution in [2.24, 2.45) is 0 Å². The van der Waals surface area contributed by atoms with Crippen molar-refractivity contribution in [3.63, 3.8) is 0 Å². The second kappa shape index (κ2) is 3.92. The van der Waals surface area contributed by atoms with Gasteiger partial charge in [0.1, 0.15) is 17.3 Å². The van der Waals surface area contributed by atoms with Gasteiger partial charge in [-0.1, -0.05) is 0 Å². The Morgan fingerprint density at radius 2 is 1.94 bits per heavy atom. The zero-order valence-electron chi connectivity index (χ0n) is 7.40. The summed E-state index contributed by atoms with van der Waals surface area (Å²) in [5.41, 5.74) is -5.32. The monoisotopic (exact) mass is 238 g/mol. The van der Waals surface area contributed by atoms with Gasteiger partial charge >= 0.3 is 6.18 Å². The molecule has 0 amide bonds. The van der Waals surface area contributed by atoms with E-state index in [0.717, 1.165) is 6.07 Å². The first-order chi connectivity index (χ1) is 7.27. The summed E-state index contributed by atoms with van der Waals surface area (Å²) in [6, 6.07) is 1.19. The minimum Gasteiger partial charge on any atom is -0.317 e. The maximum absolute atomic E-state index is 12.3. The Balaban J connectivity index is 3.55. The summed E-state index contributed by atoms with van der Waals surface area (Å²) in [6.45, 7) is 0. The molecule has 0 aliphatic rings. The predicted octanol–water partition coefficient (Wildman–Crippen LogP) is 2.20. The van der Waals surface area contributed by atoms with Crippen molar-refractivity contribution in [2.45, 2.75) is 12.6 Å². The Bertz CT molecular complexity index is 497. The molecule has 0 unspecified atom stereocenters. The number of aromatic amines is 1. The van der Waals surface area contributed by atoms with Crippen molar-refractivity contribution in [2.75, 3.05) is 0 Å². The van der Waals surface area contributed by atoms with Crippen LogP contribution in [0.5, 0.6) is 0 Å². The van der Waals surface area contributed by atoms with Gasteiger partial charge in [0, 0.05) is 5.56 Å². The molecule has 0 aliphatic carbocycles. The lowest BCUT2D eigenvalue weighted by atomic mass is 10.1. The molecular weight excluding hydrogens is 235 g/mol. The van der Waals surface area contributed by atoms with E-state index >= 15 is 0 Å². The molecule has 0 aliphatic heterocycles. The fraction of sp³-hybridized carbons (Fsp3) is 0.250. The summed E-state index contributed by atoms with van der Waals surface area (Å²) in [5.74, 6) is 0. The Labute approximate surface area is 85.1 Å². The summed E-state index contributed by atoms with van der Waals surface area (Å²) in [4.78, 5) is 12.3. The number of nitrogens with zero attached hydrogens (tertiary/aromatic N) is 1. The molecule has 1 aromatic rings. The van der Waals surface area contributed by atoms with E-state index in [2.05, 4.69) is 0 Å². The molecule has 1 heterocycles. The maximum atomic E-state index is 12.3. The van der Waals surface area contributed by atoms with Crippen LogP contribution in [0.4, 0.5) is 22.0 Å². The van der Waals surface area contributed by atoms with Gasteiger partial charge in [-0.3, -0.25) is 4.79 Å². The summed E-state index contributed by atoms with van der Waals surface area (Å²) >= 11 is 0. The zero-order valence-corrected chi connectivity index (χ0v) is 7.40. The molecule has 0 radical (unpaired) electrons. The van der Waals surface area contributed by atoms with Gasteiger partial charge < -0.3 is 4.98 Å². The van der Waals surface area contributed by atoms with Crippen molar-refractivity contribution in [1.29, 1.82) is 5.26 Å². The summed E-state index contributed by atoms with van der Waals surface area (Å²) in [5, 5.41) is 8.36. The third-order valence-electron chi connectivity index (χ3n) is 1.72. The van der Waals surface area contributed by atoms with Crippen molar-refractivity contribution in [1.82, 2.24) is 4.98 Å². The van der Waals surface area contributed by atoms with E-state index in [4.69, 9.17) is 5.26 Å². The van der Waals surface area contributed by atoms with E-state index in [-0.39, 0.29) is 6.07 Å². The van der Waals surface area contributed by atoms with E-state index in [9.17, 15) is 26.7 Å². The van der Waals surface area contributed by atoms with Gasteiger partial charge in [0.15, 0.2) is 0 Å². The number of nitrogens with one attached hydrogen (secondary N) is 1. The number of rotatable bonds is 1. The van der Waals surface area contributed by atoms with Gasteiger partial charge in [-0.15, -0.1) is 0 Å². The van der Waals surface area contributed by atoms with E-state index in [1.54, 1.807) is 0 Å². The van der Waals surface area contributed by atoms with E-state index < -0.39 is 35.0 Å². The van der Waals surface area contributed by atoms with E-state index in [1.165, 1.54) is 4.98 Å². The summed E-state index contributed by atoms with van der Waals surface area (Å²) in [7, 11) is 0. The van der Waals surface area contributed by atoms with Crippen molar-refractivity contribution >= 4 is 0 Å². The van der Waals surface area contributed by atoms with Gasteiger partial charge in [-0.25, -0.2) is 8.78 Å². The Kier molecular flexibility index (Phi) is 2.98. The molecule has 1 rings (SSSR count). The number of pyridine rings is 1. The third kappa shape index (κ3) is 2.18. The van der Waals surface area contributed by atoms with E-state index in [1.807, 2.05) is 0 Å². The second-order valence-electron chi connectivity index (χ2n) is 2.75. The number of hydrogen-bond donors (Lipinski definition) is 1. The van der Waals surface area contributed by atoms with Crippen molar-refractivity contribution < 1.29 is 22.0 Å². The molecule has 1 aromatic heterocycles. The Morgan fingerprint density at radius 3 is 2.31 bits per heavy atom. The van der Waals surface area contributed by atoms with Crippen LogP contribution in [-0.2, 0) is 6.18 Å². The average Bonchev–Trinajstić information content (AvgIpc) is 2.14. The molecule has 86 valence electrons. The van der Waals surface area contributed by atoms with Crippen LogP contribution in [0.15, 0.2) is 10.9 Å². The van der Waals surface area contributed by atoms with Crippen molar-refractivity contribution in [3.8, 4) is 6.07 Å². The van der Waals surface area contributed by atoms with Crippen LogP contribution in [-0.4, -0.2) is 4.98 Å². The standard InChI is InChI=1S/C8H3F5N2O/c9-6(10)3-1-5(8(11,12)13)15-7(16)4(3)2-14/h1,6H,(H,15,16). The molecule has 1 N–H and O–H groups in total. The van der Waals surface area contributed by atoms with E-state index in [0.29, 0.717) is 0 Å².